The van der Waals surface area contributed by atoms with Crippen molar-refractivity contribution in [1.29, 1.82) is 0 Å². The number of nitrogens with zero attached hydrogens (tertiary/aromatic N) is 3. The lowest BCUT2D eigenvalue weighted by molar-refractivity contribution is -0.141. The van der Waals surface area contributed by atoms with E-state index in [1.807, 2.05) is 31.2 Å². The van der Waals surface area contributed by atoms with Crippen LogP contribution in [0.25, 0.3) is 0 Å². The maximum Gasteiger partial charge on any atom is 0.308 e. The first-order valence-electron chi connectivity index (χ1n) is 8.08. The van der Waals surface area contributed by atoms with Crippen molar-refractivity contribution < 1.29 is 14.7 Å². The maximum atomic E-state index is 12.9. The molecule has 1 aromatic heterocycles. The number of amides is 1. The van der Waals surface area contributed by atoms with Crippen LogP contribution in [0.1, 0.15) is 33.2 Å². The number of carboxylic acids is 1. The van der Waals surface area contributed by atoms with Crippen LogP contribution in [-0.4, -0.2) is 44.8 Å². The molecule has 1 aromatic carbocycles. The fourth-order valence-corrected chi connectivity index (χ4v) is 3.79. The summed E-state index contributed by atoms with van der Waals surface area (Å²) >= 11 is 6.22. The second kappa shape index (κ2) is 6.52. The SMILES string of the molecule is Cc1ccccc1[C@H]1CN(C(=O)c2c(Cl)c(C)nn2C)C[C@@H]1C(=O)O. The lowest BCUT2D eigenvalue weighted by Gasteiger charge is -2.18. The summed E-state index contributed by atoms with van der Waals surface area (Å²) in [7, 11) is 1.66. The minimum Gasteiger partial charge on any atom is -0.481 e. The molecule has 0 saturated carbocycles. The first-order valence-corrected chi connectivity index (χ1v) is 8.45. The number of aryl methyl sites for hydroxylation is 3. The van der Waals surface area contributed by atoms with Crippen LogP contribution in [0, 0.1) is 19.8 Å². The quantitative estimate of drug-likeness (QED) is 0.911. The van der Waals surface area contributed by atoms with Crippen molar-refractivity contribution in [2.75, 3.05) is 13.1 Å². The van der Waals surface area contributed by atoms with Crippen LogP contribution in [0.15, 0.2) is 24.3 Å². The van der Waals surface area contributed by atoms with Crippen LogP contribution < -0.4 is 0 Å². The van der Waals surface area contributed by atoms with Crippen LogP contribution >= 0.6 is 11.6 Å². The normalized spacial score (nSPS) is 20.1. The first kappa shape index (κ1) is 17.5. The number of benzene rings is 1. The van der Waals surface area contributed by atoms with E-state index in [0.717, 1.165) is 11.1 Å². The smallest absolute Gasteiger partial charge is 0.308 e. The maximum absolute atomic E-state index is 12.9. The molecule has 132 valence electrons. The summed E-state index contributed by atoms with van der Waals surface area (Å²) in [5, 5.41) is 14.1. The van der Waals surface area contributed by atoms with Crippen molar-refractivity contribution in [3.8, 4) is 0 Å². The predicted octanol–water partition coefficient (Wildman–Crippen LogP) is 2.63. The van der Waals surface area contributed by atoms with Gasteiger partial charge in [-0.1, -0.05) is 35.9 Å². The van der Waals surface area contributed by atoms with Crippen LogP contribution in [0.3, 0.4) is 0 Å². The van der Waals surface area contributed by atoms with Gasteiger partial charge in [0.05, 0.1) is 16.6 Å². The number of carbonyl (C=O) groups is 2. The van der Waals surface area contributed by atoms with Gasteiger partial charge in [-0.25, -0.2) is 0 Å². The Morgan fingerprint density at radius 2 is 1.92 bits per heavy atom. The monoisotopic (exact) mass is 361 g/mol. The molecule has 6 nitrogen and oxygen atoms in total. The molecule has 2 aromatic rings. The van der Waals surface area contributed by atoms with Gasteiger partial charge in [0.25, 0.3) is 5.91 Å². The van der Waals surface area contributed by atoms with Crippen molar-refractivity contribution >= 4 is 23.5 Å². The second-order valence-electron chi connectivity index (χ2n) is 6.49. The van der Waals surface area contributed by atoms with E-state index in [0.29, 0.717) is 23.0 Å². The average molecular weight is 362 g/mol. The molecule has 0 aliphatic carbocycles. The minimum atomic E-state index is -0.893. The van der Waals surface area contributed by atoms with E-state index in [9.17, 15) is 14.7 Å². The summed E-state index contributed by atoms with van der Waals surface area (Å²) < 4.78 is 1.46. The van der Waals surface area contributed by atoms with E-state index >= 15 is 0 Å². The molecule has 7 heteroatoms. The molecular weight excluding hydrogens is 342 g/mol. The van der Waals surface area contributed by atoms with E-state index < -0.39 is 11.9 Å². The Bertz CT molecular complexity index is 846. The number of carbonyl (C=O) groups excluding carboxylic acids is 1. The minimum absolute atomic E-state index is 0.160. The molecule has 0 radical (unpaired) electrons. The largest absolute Gasteiger partial charge is 0.481 e. The fraction of sp³-hybridized carbons (Fsp3) is 0.389. The Morgan fingerprint density at radius 1 is 1.24 bits per heavy atom. The zero-order valence-electron chi connectivity index (χ0n) is 14.4. The van der Waals surface area contributed by atoms with Gasteiger partial charge in [0.1, 0.15) is 5.69 Å². The highest BCUT2D eigenvalue weighted by Gasteiger charge is 2.42. The molecule has 25 heavy (non-hydrogen) atoms. The van der Waals surface area contributed by atoms with Gasteiger partial charge in [0, 0.05) is 26.1 Å². The molecule has 1 N–H and O–H groups in total. The van der Waals surface area contributed by atoms with Gasteiger partial charge < -0.3 is 10.0 Å². The fourth-order valence-electron chi connectivity index (χ4n) is 3.55. The molecule has 1 fully saturated rings. The van der Waals surface area contributed by atoms with E-state index in [1.54, 1.807) is 18.9 Å². The summed E-state index contributed by atoms with van der Waals surface area (Å²) in [5.74, 6) is -2.06. The lowest BCUT2D eigenvalue weighted by atomic mass is 9.86. The number of aromatic nitrogens is 2. The number of rotatable bonds is 3. The number of carboxylic acid groups (broad SMARTS) is 1. The van der Waals surface area contributed by atoms with Crippen molar-refractivity contribution in [3.05, 3.63) is 51.8 Å². The van der Waals surface area contributed by atoms with E-state index in [-0.39, 0.29) is 18.4 Å². The van der Waals surface area contributed by atoms with E-state index in [1.165, 1.54) is 4.68 Å². The van der Waals surface area contributed by atoms with Crippen LogP contribution in [0.2, 0.25) is 5.02 Å². The molecule has 1 saturated heterocycles. The average Bonchev–Trinajstić information content (AvgIpc) is 3.10. The van der Waals surface area contributed by atoms with Crippen molar-refractivity contribution in [3.63, 3.8) is 0 Å². The first-order chi connectivity index (χ1) is 11.8. The highest BCUT2D eigenvalue weighted by atomic mass is 35.5. The highest BCUT2D eigenvalue weighted by molar-refractivity contribution is 6.34. The lowest BCUT2D eigenvalue weighted by Crippen LogP contribution is -2.31. The zero-order chi connectivity index (χ0) is 18.3. The predicted molar refractivity (Wildman–Crippen MR) is 93.9 cm³/mol. The topological polar surface area (TPSA) is 75.4 Å². The molecule has 0 bridgehead atoms. The number of hydrogen-bond donors (Lipinski definition) is 1. The van der Waals surface area contributed by atoms with Crippen molar-refractivity contribution in [1.82, 2.24) is 14.7 Å². The standard InChI is InChI=1S/C18H20ClN3O3/c1-10-6-4-5-7-12(10)13-8-22(9-14(13)18(24)25)17(23)16-15(19)11(2)20-21(16)3/h4-7,13-14H,8-9H2,1-3H3,(H,24,25)/t13-,14+/m1/s1. The molecule has 0 spiro atoms. The highest BCUT2D eigenvalue weighted by Crippen LogP contribution is 2.36. The molecule has 0 unspecified atom stereocenters. The Hall–Kier alpha value is -2.34. The molecule has 1 amide bonds. The number of hydrogen-bond acceptors (Lipinski definition) is 3. The molecule has 2 heterocycles. The third kappa shape index (κ3) is 3.02. The van der Waals surface area contributed by atoms with E-state index in [4.69, 9.17) is 11.6 Å². The number of aliphatic carboxylic acids is 1. The van der Waals surface area contributed by atoms with Crippen LogP contribution in [0.5, 0.6) is 0 Å². The van der Waals surface area contributed by atoms with Crippen LogP contribution in [0.4, 0.5) is 0 Å². The van der Waals surface area contributed by atoms with Gasteiger partial charge >= 0.3 is 5.97 Å². The summed E-state index contributed by atoms with van der Waals surface area (Å²) in [6.07, 6.45) is 0. The van der Waals surface area contributed by atoms with Gasteiger partial charge in [-0.2, -0.15) is 5.10 Å². The Labute approximate surface area is 151 Å². The Morgan fingerprint density at radius 3 is 2.48 bits per heavy atom. The van der Waals surface area contributed by atoms with Gasteiger partial charge in [0.15, 0.2) is 0 Å². The van der Waals surface area contributed by atoms with E-state index in [2.05, 4.69) is 5.10 Å². The van der Waals surface area contributed by atoms with Crippen molar-refractivity contribution in [2.24, 2.45) is 13.0 Å². The van der Waals surface area contributed by atoms with Gasteiger partial charge in [-0.15, -0.1) is 0 Å². The molecular formula is C18H20ClN3O3. The third-order valence-electron chi connectivity index (χ3n) is 4.86. The van der Waals surface area contributed by atoms with Crippen LogP contribution in [-0.2, 0) is 11.8 Å². The van der Waals surface area contributed by atoms with Crippen molar-refractivity contribution in [2.45, 2.75) is 19.8 Å². The molecule has 2 atom stereocenters. The summed E-state index contributed by atoms with van der Waals surface area (Å²) in [4.78, 5) is 26.2. The molecule has 1 aliphatic heterocycles. The zero-order valence-corrected chi connectivity index (χ0v) is 15.1. The Kier molecular flexibility index (Phi) is 4.56. The Balaban J connectivity index is 1.94. The number of likely N-dealkylation sites (tertiary alicyclic amines) is 1. The summed E-state index contributed by atoms with van der Waals surface area (Å²) in [6, 6.07) is 7.71. The van der Waals surface area contributed by atoms with Gasteiger partial charge in [-0.05, 0) is 25.0 Å². The van der Waals surface area contributed by atoms with Gasteiger partial charge in [0.2, 0.25) is 0 Å². The molecule has 1 aliphatic rings. The second-order valence-corrected chi connectivity index (χ2v) is 6.87. The number of halogens is 1. The molecule has 3 rings (SSSR count). The summed E-state index contributed by atoms with van der Waals surface area (Å²) in [6.45, 7) is 4.20. The van der Waals surface area contributed by atoms with Gasteiger partial charge in [-0.3, -0.25) is 14.3 Å². The summed E-state index contributed by atoms with van der Waals surface area (Å²) in [5.41, 5.74) is 2.88. The third-order valence-corrected chi connectivity index (χ3v) is 5.32.